The lowest BCUT2D eigenvalue weighted by Gasteiger charge is -2.16. The van der Waals surface area contributed by atoms with Gasteiger partial charge >= 0.3 is 0 Å². The predicted octanol–water partition coefficient (Wildman–Crippen LogP) is 3.27. The summed E-state index contributed by atoms with van der Waals surface area (Å²) in [4.78, 5) is 10.8. The summed E-state index contributed by atoms with van der Waals surface area (Å²) in [6.45, 7) is 6.74. The van der Waals surface area contributed by atoms with Gasteiger partial charge in [-0.2, -0.15) is 0 Å². The number of methoxy groups -OCH3 is 1. The van der Waals surface area contributed by atoms with Crippen LogP contribution >= 0.6 is 12.6 Å². The van der Waals surface area contributed by atoms with Crippen molar-refractivity contribution < 1.29 is 9.53 Å². The van der Waals surface area contributed by atoms with Gasteiger partial charge in [-0.05, 0) is 41.7 Å². The Bertz CT molecular complexity index is 416. The Balaban J connectivity index is 3.06. The molecule has 0 radical (unpaired) electrons. The highest BCUT2D eigenvalue weighted by atomic mass is 32.1. The van der Waals surface area contributed by atoms with E-state index in [1.54, 1.807) is 7.11 Å². The zero-order valence-electron chi connectivity index (χ0n) is 10.7. The quantitative estimate of drug-likeness (QED) is 0.808. The van der Waals surface area contributed by atoms with Crippen molar-refractivity contribution in [3.8, 4) is 5.75 Å². The van der Waals surface area contributed by atoms with Crippen LogP contribution in [0.4, 0.5) is 4.79 Å². The minimum absolute atomic E-state index is 0.314. The van der Waals surface area contributed by atoms with Gasteiger partial charge in [-0.1, -0.05) is 26.5 Å². The molecule has 0 saturated carbocycles. The summed E-state index contributed by atoms with van der Waals surface area (Å²) in [5.41, 5.74) is 3.35. The highest BCUT2D eigenvalue weighted by Gasteiger charge is 2.11. The van der Waals surface area contributed by atoms with E-state index >= 15 is 0 Å². The van der Waals surface area contributed by atoms with Crippen molar-refractivity contribution in [2.45, 2.75) is 33.2 Å². The van der Waals surface area contributed by atoms with Gasteiger partial charge in [0.1, 0.15) is 5.75 Å². The monoisotopic (exact) mass is 253 g/mol. The Morgan fingerprint density at radius 3 is 2.59 bits per heavy atom. The zero-order valence-corrected chi connectivity index (χ0v) is 11.6. The van der Waals surface area contributed by atoms with Crippen LogP contribution in [0.25, 0.3) is 0 Å². The molecule has 0 fully saturated rings. The second-order valence-corrected chi connectivity index (χ2v) is 4.74. The number of carbonyl (C=O) groups is 1. The number of aryl methyl sites for hydroxylation is 1. The first-order valence-electron chi connectivity index (χ1n) is 5.60. The number of hydrogen-bond donors (Lipinski definition) is 2. The normalized spacial score (nSPS) is 10.5. The van der Waals surface area contributed by atoms with Crippen LogP contribution in [0.15, 0.2) is 12.1 Å². The van der Waals surface area contributed by atoms with E-state index in [9.17, 15) is 4.79 Å². The molecule has 1 N–H and O–H groups in total. The highest BCUT2D eigenvalue weighted by molar-refractivity contribution is 7.96. The lowest BCUT2D eigenvalue weighted by Crippen LogP contribution is -2.16. The molecule has 0 bridgehead atoms. The molecular formula is C13H19NO2S. The molecule has 4 heteroatoms. The largest absolute Gasteiger partial charge is 0.496 e. The molecule has 0 aromatic heterocycles. The molecular weight excluding hydrogens is 234 g/mol. The van der Waals surface area contributed by atoms with Gasteiger partial charge in [-0.15, -0.1) is 0 Å². The van der Waals surface area contributed by atoms with Crippen LogP contribution in [0.3, 0.4) is 0 Å². The summed E-state index contributed by atoms with van der Waals surface area (Å²) in [5.74, 6) is 1.29. The maximum Gasteiger partial charge on any atom is 0.276 e. The van der Waals surface area contributed by atoms with Gasteiger partial charge < -0.3 is 10.1 Å². The van der Waals surface area contributed by atoms with E-state index in [0.29, 0.717) is 12.5 Å². The second kappa shape index (κ2) is 5.96. The number of thiol groups is 1. The molecule has 17 heavy (non-hydrogen) atoms. The van der Waals surface area contributed by atoms with Crippen molar-refractivity contribution >= 4 is 17.9 Å². The number of benzene rings is 1. The van der Waals surface area contributed by atoms with E-state index in [-0.39, 0.29) is 5.24 Å². The lowest BCUT2D eigenvalue weighted by atomic mass is 9.96. The first-order valence-corrected chi connectivity index (χ1v) is 6.04. The third-order valence-electron chi connectivity index (χ3n) is 2.74. The molecule has 1 aromatic rings. The van der Waals surface area contributed by atoms with Crippen LogP contribution in [0, 0.1) is 6.92 Å². The summed E-state index contributed by atoms with van der Waals surface area (Å²) in [6, 6.07) is 4.10. The van der Waals surface area contributed by atoms with Gasteiger partial charge in [-0.3, -0.25) is 4.79 Å². The molecule has 94 valence electrons. The third kappa shape index (κ3) is 3.66. The maximum atomic E-state index is 10.8. The van der Waals surface area contributed by atoms with Crippen molar-refractivity contribution in [2.24, 2.45) is 0 Å². The van der Waals surface area contributed by atoms with E-state index in [0.717, 1.165) is 22.4 Å². The molecule has 1 amide bonds. The minimum atomic E-state index is -0.314. The minimum Gasteiger partial charge on any atom is -0.496 e. The number of rotatable bonds is 4. The van der Waals surface area contributed by atoms with E-state index in [4.69, 9.17) is 4.74 Å². The van der Waals surface area contributed by atoms with E-state index in [1.165, 1.54) is 0 Å². The maximum absolute atomic E-state index is 10.8. The SMILES string of the molecule is COc1cc(C)c(CNC(=O)S)cc1C(C)C. The summed E-state index contributed by atoms with van der Waals surface area (Å²) in [7, 11) is 1.68. The van der Waals surface area contributed by atoms with E-state index in [1.807, 2.05) is 13.0 Å². The number of amides is 1. The molecule has 3 nitrogen and oxygen atoms in total. The predicted molar refractivity (Wildman–Crippen MR) is 73.0 cm³/mol. The van der Waals surface area contributed by atoms with Crippen LogP contribution in [-0.4, -0.2) is 12.3 Å². The van der Waals surface area contributed by atoms with Crippen LogP contribution in [-0.2, 0) is 6.54 Å². The molecule has 0 heterocycles. The number of ether oxygens (including phenoxy) is 1. The van der Waals surface area contributed by atoms with Crippen molar-refractivity contribution in [2.75, 3.05) is 7.11 Å². The number of carbonyl (C=O) groups excluding carboxylic acids is 1. The molecule has 0 unspecified atom stereocenters. The van der Waals surface area contributed by atoms with Crippen molar-refractivity contribution in [3.05, 3.63) is 28.8 Å². The first-order chi connectivity index (χ1) is 7.95. The summed E-state index contributed by atoms with van der Waals surface area (Å²) in [6.07, 6.45) is 0. The fraction of sp³-hybridized carbons (Fsp3) is 0.462. The summed E-state index contributed by atoms with van der Waals surface area (Å²) >= 11 is 3.69. The van der Waals surface area contributed by atoms with Gasteiger partial charge in [0.25, 0.3) is 5.24 Å². The van der Waals surface area contributed by atoms with E-state index in [2.05, 4.69) is 37.9 Å². The molecule has 1 aromatic carbocycles. The second-order valence-electron chi connectivity index (χ2n) is 4.33. The Hall–Kier alpha value is -1.16. The molecule has 0 spiro atoms. The molecule has 1 rings (SSSR count). The number of nitrogens with one attached hydrogen (secondary N) is 1. The van der Waals surface area contributed by atoms with Gasteiger partial charge in [0.05, 0.1) is 7.11 Å². The average molecular weight is 253 g/mol. The van der Waals surface area contributed by atoms with E-state index < -0.39 is 0 Å². The fourth-order valence-electron chi connectivity index (χ4n) is 1.73. The first kappa shape index (κ1) is 13.9. The smallest absolute Gasteiger partial charge is 0.276 e. The van der Waals surface area contributed by atoms with Crippen LogP contribution in [0.2, 0.25) is 0 Å². The van der Waals surface area contributed by atoms with Crippen molar-refractivity contribution in [3.63, 3.8) is 0 Å². The molecule has 0 aliphatic heterocycles. The molecule has 0 aliphatic carbocycles. The number of hydrogen-bond acceptors (Lipinski definition) is 2. The van der Waals surface area contributed by atoms with Crippen LogP contribution in [0.1, 0.15) is 36.5 Å². The lowest BCUT2D eigenvalue weighted by molar-refractivity contribution is 0.260. The van der Waals surface area contributed by atoms with Gasteiger partial charge in [-0.25, -0.2) is 0 Å². The molecule has 0 saturated heterocycles. The van der Waals surface area contributed by atoms with Crippen molar-refractivity contribution in [1.82, 2.24) is 5.32 Å². The highest BCUT2D eigenvalue weighted by Crippen LogP contribution is 2.29. The fourth-order valence-corrected chi connectivity index (χ4v) is 1.81. The Morgan fingerprint density at radius 2 is 2.12 bits per heavy atom. The van der Waals surface area contributed by atoms with Gasteiger partial charge in [0.15, 0.2) is 0 Å². The topological polar surface area (TPSA) is 38.3 Å². The zero-order chi connectivity index (χ0) is 13.0. The van der Waals surface area contributed by atoms with Crippen molar-refractivity contribution in [1.29, 1.82) is 0 Å². The van der Waals surface area contributed by atoms with Gasteiger partial charge in [0, 0.05) is 6.54 Å². The summed E-state index contributed by atoms with van der Waals surface area (Å²) in [5, 5.41) is 2.38. The van der Waals surface area contributed by atoms with Crippen LogP contribution in [0.5, 0.6) is 5.75 Å². The van der Waals surface area contributed by atoms with Crippen LogP contribution < -0.4 is 10.1 Å². The molecule has 0 aliphatic rings. The Kier molecular flexibility index (Phi) is 4.87. The Labute approximate surface area is 108 Å². The standard InChI is InChI=1S/C13H19NO2S/c1-8(2)11-6-10(7-14-13(15)17)9(3)5-12(11)16-4/h5-6,8H,7H2,1-4H3,(H2,14,15,17). The average Bonchev–Trinajstić information content (AvgIpc) is 2.26. The molecule has 0 atom stereocenters. The Morgan fingerprint density at radius 1 is 1.47 bits per heavy atom. The van der Waals surface area contributed by atoms with Gasteiger partial charge in [0.2, 0.25) is 0 Å². The summed E-state index contributed by atoms with van der Waals surface area (Å²) < 4.78 is 5.37. The third-order valence-corrected chi connectivity index (χ3v) is 2.90.